The van der Waals surface area contributed by atoms with Gasteiger partial charge in [-0.3, -0.25) is 8.75 Å². The van der Waals surface area contributed by atoms with Crippen LogP contribution in [0.2, 0.25) is 0 Å². The number of aromatic nitrogens is 1. The number of ether oxygens (including phenoxy) is 2. The number of halogens is 3. The molecule has 0 unspecified atom stereocenters. The molecule has 186 valence electrons. The molecule has 34 heavy (non-hydrogen) atoms. The van der Waals surface area contributed by atoms with Gasteiger partial charge in [0, 0.05) is 17.3 Å². The molecule has 1 saturated heterocycles. The van der Waals surface area contributed by atoms with Gasteiger partial charge in [0.1, 0.15) is 29.7 Å². The fourth-order valence-corrected chi connectivity index (χ4v) is 4.23. The predicted octanol–water partition coefficient (Wildman–Crippen LogP) is 4.89. The van der Waals surface area contributed by atoms with Gasteiger partial charge in [-0.2, -0.15) is 18.2 Å². The summed E-state index contributed by atoms with van der Waals surface area (Å²) in [6.45, 7) is 8.10. The second-order valence-corrected chi connectivity index (χ2v) is 9.99. The van der Waals surface area contributed by atoms with Crippen LogP contribution in [0.3, 0.4) is 0 Å². The fourth-order valence-electron chi connectivity index (χ4n) is 3.19. The molecule has 2 aromatic rings. The summed E-state index contributed by atoms with van der Waals surface area (Å²) in [5, 5.41) is 2.52. The molecular weight excluding hydrogens is 471 g/mol. The maximum atomic E-state index is 13.4. The third-order valence-electron chi connectivity index (χ3n) is 5.11. The van der Waals surface area contributed by atoms with E-state index in [4.69, 9.17) is 9.47 Å². The number of aryl methyl sites for hydroxylation is 1. The monoisotopic (exact) mass is 499 g/mol. The van der Waals surface area contributed by atoms with Crippen molar-refractivity contribution in [1.82, 2.24) is 9.27 Å². The molecule has 1 aromatic carbocycles. The van der Waals surface area contributed by atoms with Gasteiger partial charge < -0.3 is 14.8 Å². The number of rotatable bonds is 7. The number of cyclic esters (lactones) is 1. The number of unbranched alkanes of at least 4 members (excludes halogenated alkanes) is 1. The molecule has 0 radical (unpaired) electrons. The Morgan fingerprint density at radius 2 is 2.06 bits per heavy atom. The Labute approximate surface area is 199 Å². The average Bonchev–Trinajstić information content (AvgIpc) is 3.35. The first kappa shape index (κ1) is 25.8. The number of alkyl halides is 3. The normalized spacial score (nSPS) is 17.0. The van der Waals surface area contributed by atoms with Crippen molar-refractivity contribution in [3.8, 4) is 5.75 Å². The van der Waals surface area contributed by atoms with Crippen LogP contribution in [0.25, 0.3) is 0 Å². The van der Waals surface area contributed by atoms with Gasteiger partial charge in [0.2, 0.25) is 0 Å². The van der Waals surface area contributed by atoms with Gasteiger partial charge in [0.05, 0.1) is 11.1 Å². The summed E-state index contributed by atoms with van der Waals surface area (Å²) in [5.41, 5.74) is -0.633. The smallest absolute Gasteiger partial charge is 0.416 e. The average molecular weight is 500 g/mol. The van der Waals surface area contributed by atoms with Crippen molar-refractivity contribution in [1.29, 1.82) is 0 Å². The fraction of sp³-hybridized carbons (Fsp3) is 0.522. The molecule has 0 spiro atoms. The molecule has 2 heterocycles. The summed E-state index contributed by atoms with van der Waals surface area (Å²) in [5.74, 6) is -0.869. The molecule has 1 N–H and O–H groups in total. The van der Waals surface area contributed by atoms with Crippen molar-refractivity contribution in [3.63, 3.8) is 0 Å². The Bertz CT molecular complexity index is 1120. The SMILES string of the molecule is CCCCc1cn(C(C)(C)C)sc1=NC(=O)c1cc(C(F)(F)F)ccc1OC[C@@H]1COC(=O)N1. The number of hydrogen-bond acceptors (Lipinski definition) is 5. The van der Waals surface area contributed by atoms with Gasteiger partial charge in [0.15, 0.2) is 0 Å². The minimum Gasteiger partial charge on any atom is -0.490 e. The number of alkyl carbamates (subject to hydrolysis) is 1. The van der Waals surface area contributed by atoms with Crippen molar-refractivity contribution in [2.24, 2.45) is 4.99 Å². The minimum absolute atomic E-state index is 0.0433. The molecule has 1 fully saturated rings. The van der Waals surface area contributed by atoms with E-state index in [0.29, 0.717) is 11.1 Å². The van der Waals surface area contributed by atoms with E-state index in [2.05, 4.69) is 17.2 Å². The van der Waals surface area contributed by atoms with Crippen LogP contribution in [-0.2, 0) is 22.9 Å². The lowest BCUT2D eigenvalue weighted by molar-refractivity contribution is -0.137. The van der Waals surface area contributed by atoms with Crippen LogP contribution in [0, 0.1) is 0 Å². The number of benzene rings is 1. The number of carbonyl (C=O) groups excluding carboxylic acids is 2. The second-order valence-electron chi connectivity index (χ2n) is 9.03. The van der Waals surface area contributed by atoms with E-state index >= 15 is 0 Å². The number of amides is 2. The van der Waals surface area contributed by atoms with Crippen LogP contribution in [0.1, 0.15) is 62.0 Å². The summed E-state index contributed by atoms with van der Waals surface area (Å²) in [6.07, 6.45) is -0.743. The van der Waals surface area contributed by atoms with E-state index in [1.54, 1.807) is 0 Å². The van der Waals surface area contributed by atoms with Crippen LogP contribution in [0.5, 0.6) is 5.75 Å². The zero-order chi connectivity index (χ0) is 25.1. The molecule has 1 aliphatic rings. The van der Waals surface area contributed by atoms with Crippen molar-refractivity contribution < 1.29 is 32.2 Å². The summed E-state index contributed by atoms with van der Waals surface area (Å²) >= 11 is 1.29. The van der Waals surface area contributed by atoms with Crippen LogP contribution >= 0.6 is 11.5 Å². The lowest BCUT2D eigenvalue weighted by Crippen LogP contribution is -2.32. The van der Waals surface area contributed by atoms with Gasteiger partial charge >= 0.3 is 12.3 Å². The Balaban J connectivity index is 1.99. The van der Waals surface area contributed by atoms with Gasteiger partial charge in [-0.1, -0.05) is 13.3 Å². The zero-order valence-electron chi connectivity index (χ0n) is 19.5. The van der Waals surface area contributed by atoms with E-state index in [1.165, 1.54) is 11.5 Å². The number of hydrogen-bond donors (Lipinski definition) is 1. The Morgan fingerprint density at radius 1 is 1.32 bits per heavy atom. The minimum atomic E-state index is -4.63. The first-order chi connectivity index (χ1) is 15.9. The summed E-state index contributed by atoms with van der Waals surface area (Å²) < 4.78 is 52.9. The Morgan fingerprint density at radius 3 is 2.65 bits per heavy atom. The number of nitrogens with zero attached hydrogens (tertiary/aromatic N) is 2. The molecule has 3 rings (SSSR count). The Hall–Kier alpha value is -2.82. The lowest BCUT2D eigenvalue weighted by atomic mass is 10.1. The van der Waals surface area contributed by atoms with Crippen LogP contribution < -0.4 is 14.7 Å². The molecule has 1 aliphatic heterocycles. The third-order valence-corrected chi connectivity index (χ3v) is 6.49. The van der Waals surface area contributed by atoms with E-state index in [-0.39, 0.29) is 30.1 Å². The van der Waals surface area contributed by atoms with Crippen molar-refractivity contribution in [3.05, 3.63) is 45.8 Å². The van der Waals surface area contributed by atoms with Crippen LogP contribution in [0.15, 0.2) is 29.4 Å². The van der Waals surface area contributed by atoms with Crippen LogP contribution in [0.4, 0.5) is 18.0 Å². The van der Waals surface area contributed by atoms with Crippen molar-refractivity contribution in [2.45, 2.75) is 64.7 Å². The quantitative estimate of drug-likeness (QED) is 0.588. The standard InChI is InChI=1S/C23H28F3N3O4S/c1-5-6-7-14-11-29(22(2,3)4)34-20(14)28-19(30)17-10-15(23(24,25)26)8-9-18(17)32-12-16-13-33-21(31)27-16/h8-11,16H,5-7,12-13H2,1-4H3,(H,27,31)/t16-/m1/s1. The summed E-state index contributed by atoms with van der Waals surface area (Å²) in [6, 6.07) is 2.23. The number of nitrogens with one attached hydrogen (secondary N) is 1. The predicted molar refractivity (Wildman–Crippen MR) is 121 cm³/mol. The lowest BCUT2D eigenvalue weighted by Gasteiger charge is -2.19. The number of carbonyl (C=O) groups is 2. The van der Waals surface area contributed by atoms with Crippen molar-refractivity contribution >= 4 is 23.5 Å². The molecule has 0 aliphatic carbocycles. The highest BCUT2D eigenvalue weighted by Crippen LogP contribution is 2.33. The van der Waals surface area contributed by atoms with E-state index in [9.17, 15) is 22.8 Å². The summed E-state index contributed by atoms with van der Waals surface area (Å²) in [4.78, 5) is 28.5. The molecule has 11 heteroatoms. The Kier molecular flexibility index (Phi) is 7.74. The molecule has 0 bridgehead atoms. The van der Waals surface area contributed by atoms with Gasteiger partial charge in [-0.05, 0) is 63.3 Å². The third kappa shape index (κ3) is 6.40. The van der Waals surface area contributed by atoms with E-state index in [0.717, 1.165) is 36.6 Å². The first-order valence-electron chi connectivity index (χ1n) is 11.0. The van der Waals surface area contributed by atoms with E-state index in [1.807, 2.05) is 30.9 Å². The maximum Gasteiger partial charge on any atom is 0.416 e. The molecule has 2 amide bonds. The largest absolute Gasteiger partial charge is 0.490 e. The van der Waals surface area contributed by atoms with Gasteiger partial charge in [0.25, 0.3) is 5.91 Å². The molecular formula is C23H28F3N3O4S. The highest BCUT2D eigenvalue weighted by Gasteiger charge is 2.32. The molecule has 7 nitrogen and oxygen atoms in total. The zero-order valence-corrected chi connectivity index (χ0v) is 20.3. The second kappa shape index (κ2) is 10.2. The highest BCUT2D eigenvalue weighted by atomic mass is 32.1. The maximum absolute atomic E-state index is 13.4. The summed E-state index contributed by atoms with van der Waals surface area (Å²) in [7, 11) is 0. The van der Waals surface area contributed by atoms with Gasteiger partial charge in [-0.25, -0.2) is 4.79 Å². The topological polar surface area (TPSA) is 81.9 Å². The van der Waals surface area contributed by atoms with E-state index < -0.39 is 29.8 Å². The van der Waals surface area contributed by atoms with Gasteiger partial charge in [-0.15, -0.1) is 0 Å². The highest BCUT2D eigenvalue weighted by molar-refractivity contribution is 7.04. The molecule has 1 aromatic heterocycles. The van der Waals surface area contributed by atoms with Crippen LogP contribution in [-0.4, -0.2) is 35.2 Å². The molecule has 0 saturated carbocycles. The molecule has 1 atom stereocenters. The van der Waals surface area contributed by atoms with Crippen molar-refractivity contribution in [2.75, 3.05) is 13.2 Å². The first-order valence-corrected chi connectivity index (χ1v) is 11.7.